The fraction of sp³-hybridized carbons (Fsp3) is 0.375. The quantitative estimate of drug-likeness (QED) is 0.728. The molecule has 1 aromatic carbocycles. The number of nitrogens with one attached hydrogen (secondary N) is 1. The molecule has 6 nitrogen and oxygen atoms in total. The first-order valence-corrected chi connectivity index (χ1v) is 10.7. The normalized spacial score (nSPS) is 20.3. The first-order chi connectivity index (χ1) is 14.7. The number of hydrogen-bond donors (Lipinski definition) is 1. The van der Waals surface area contributed by atoms with Crippen LogP contribution in [0.15, 0.2) is 54.9 Å². The average Bonchev–Trinajstić information content (AvgIpc) is 3.38. The van der Waals surface area contributed by atoms with Gasteiger partial charge in [0.2, 0.25) is 11.8 Å². The van der Waals surface area contributed by atoms with Crippen molar-refractivity contribution in [3.05, 3.63) is 66.0 Å². The minimum absolute atomic E-state index is 0.0805. The Labute approximate surface area is 175 Å². The molecule has 3 aromatic rings. The fourth-order valence-corrected chi connectivity index (χ4v) is 4.85. The molecule has 0 radical (unpaired) electrons. The molecule has 2 aliphatic heterocycles. The zero-order chi connectivity index (χ0) is 20.5. The summed E-state index contributed by atoms with van der Waals surface area (Å²) in [5, 5.41) is 0. The Hall–Kier alpha value is -3.15. The van der Waals surface area contributed by atoms with E-state index in [0.717, 1.165) is 42.5 Å². The van der Waals surface area contributed by atoms with E-state index in [4.69, 9.17) is 0 Å². The molecule has 0 aliphatic carbocycles. The second kappa shape index (κ2) is 7.94. The topological polar surface area (TPSA) is 69.3 Å². The molecule has 4 heterocycles. The van der Waals surface area contributed by atoms with Crippen molar-refractivity contribution in [2.24, 2.45) is 5.92 Å². The lowest BCUT2D eigenvalue weighted by Gasteiger charge is -2.33. The summed E-state index contributed by atoms with van der Waals surface area (Å²) in [6.07, 6.45) is 6.10. The molecule has 30 heavy (non-hydrogen) atoms. The van der Waals surface area contributed by atoms with Gasteiger partial charge >= 0.3 is 0 Å². The average molecular weight is 402 g/mol. The van der Waals surface area contributed by atoms with Gasteiger partial charge in [-0.3, -0.25) is 14.6 Å². The molecule has 2 aliphatic rings. The lowest BCUT2D eigenvalue weighted by Crippen LogP contribution is -2.42. The van der Waals surface area contributed by atoms with Crippen LogP contribution >= 0.6 is 0 Å². The minimum atomic E-state index is -0.215. The zero-order valence-electron chi connectivity index (χ0n) is 17.0. The molecule has 2 saturated heterocycles. The van der Waals surface area contributed by atoms with Gasteiger partial charge in [0.1, 0.15) is 0 Å². The van der Waals surface area contributed by atoms with Gasteiger partial charge in [-0.2, -0.15) is 0 Å². The number of pyridine rings is 1. The van der Waals surface area contributed by atoms with Gasteiger partial charge in [0.25, 0.3) is 0 Å². The van der Waals surface area contributed by atoms with Gasteiger partial charge in [-0.05, 0) is 42.0 Å². The number of hydrogen-bond acceptors (Lipinski definition) is 3. The SMILES string of the molecule is O=C1CC(C(=O)N2CCC(c3c[nH]c4cccnc34)CC2)CN1Cc1ccccc1. The van der Waals surface area contributed by atoms with Crippen molar-refractivity contribution in [3.63, 3.8) is 0 Å². The lowest BCUT2D eigenvalue weighted by atomic mass is 9.90. The maximum Gasteiger partial charge on any atom is 0.227 e. The monoisotopic (exact) mass is 402 g/mol. The molecule has 154 valence electrons. The van der Waals surface area contributed by atoms with Crippen molar-refractivity contribution in [2.75, 3.05) is 19.6 Å². The van der Waals surface area contributed by atoms with Crippen LogP contribution < -0.4 is 0 Å². The second-order valence-electron chi connectivity index (χ2n) is 8.40. The van der Waals surface area contributed by atoms with E-state index in [1.165, 1.54) is 5.56 Å². The van der Waals surface area contributed by atoms with Gasteiger partial charge in [-0.25, -0.2) is 0 Å². The number of piperidine rings is 1. The summed E-state index contributed by atoms with van der Waals surface area (Å²) in [7, 11) is 0. The van der Waals surface area contributed by atoms with Crippen molar-refractivity contribution < 1.29 is 9.59 Å². The van der Waals surface area contributed by atoms with E-state index >= 15 is 0 Å². The number of likely N-dealkylation sites (tertiary alicyclic amines) is 2. The van der Waals surface area contributed by atoms with Crippen LogP contribution in [0.2, 0.25) is 0 Å². The van der Waals surface area contributed by atoms with Crippen molar-refractivity contribution >= 4 is 22.8 Å². The molecule has 0 spiro atoms. The highest BCUT2D eigenvalue weighted by Gasteiger charge is 2.37. The smallest absolute Gasteiger partial charge is 0.227 e. The van der Waals surface area contributed by atoms with Crippen LogP contribution in [0.3, 0.4) is 0 Å². The van der Waals surface area contributed by atoms with E-state index < -0.39 is 0 Å². The van der Waals surface area contributed by atoms with Gasteiger partial charge in [0, 0.05) is 45.0 Å². The summed E-state index contributed by atoms with van der Waals surface area (Å²) in [6.45, 7) is 2.59. The summed E-state index contributed by atoms with van der Waals surface area (Å²) in [5.74, 6) is 0.413. The maximum atomic E-state index is 13.1. The summed E-state index contributed by atoms with van der Waals surface area (Å²) in [4.78, 5) is 37.2. The van der Waals surface area contributed by atoms with Crippen molar-refractivity contribution in [2.45, 2.75) is 31.7 Å². The Balaban J connectivity index is 1.19. The second-order valence-corrected chi connectivity index (χ2v) is 8.40. The Morgan fingerprint density at radius 1 is 1.10 bits per heavy atom. The fourth-order valence-electron chi connectivity index (χ4n) is 4.85. The number of carbonyl (C=O) groups is 2. The third-order valence-corrected chi connectivity index (χ3v) is 6.49. The summed E-state index contributed by atoms with van der Waals surface area (Å²) in [5.41, 5.74) is 4.46. The van der Waals surface area contributed by atoms with Crippen molar-refractivity contribution in [1.29, 1.82) is 0 Å². The number of fused-ring (bicyclic) bond motifs is 1. The molecule has 0 saturated carbocycles. The molecular weight excluding hydrogens is 376 g/mol. The highest BCUT2D eigenvalue weighted by Crippen LogP contribution is 2.33. The summed E-state index contributed by atoms with van der Waals surface area (Å²) >= 11 is 0. The third kappa shape index (κ3) is 3.58. The van der Waals surface area contributed by atoms with Gasteiger partial charge < -0.3 is 14.8 Å². The van der Waals surface area contributed by atoms with Crippen LogP contribution in [-0.4, -0.2) is 51.2 Å². The van der Waals surface area contributed by atoms with E-state index in [1.54, 1.807) is 0 Å². The molecule has 2 fully saturated rings. The molecule has 5 rings (SSSR count). The number of carbonyl (C=O) groups excluding carboxylic acids is 2. The zero-order valence-corrected chi connectivity index (χ0v) is 17.0. The summed E-state index contributed by atoms with van der Waals surface area (Å²) in [6, 6.07) is 13.9. The molecule has 6 heteroatoms. The Morgan fingerprint density at radius 3 is 2.70 bits per heavy atom. The number of amides is 2. The molecule has 0 bridgehead atoms. The number of aromatic nitrogens is 2. The predicted octanol–water partition coefficient (Wildman–Crippen LogP) is 3.32. The molecule has 1 atom stereocenters. The Kier molecular flexibility index (Phi) is 4.99. The largest absolute Gasteiger partial charge is 0.360 e. The maximum absolute atomic E-state index is 13.1. The number of aromatic amines is 1. The number of H-pyrrole nitrogens is 1. The van der Waals surface area contributed by atoms with Crippen molar-refractivity contribution in [1.82, 2.24) is 19.8 Å². The number of rotatable bonds is 4. The first-order valence-electron chi connectivity index (χ1n) is 10.7. The van der Waals surface area contributed by atoms with E-state index in [0.29, 0.717) is 25.4 Å². The van der Waals surface area contributed by atoms with Crippen molar-refractivity contribution in [3.8, 4) is 0 Å². The number of nitrogens with zero attached hydrogens (tertiary/aromatic N) is 3. The van der Waals surface area contributed by atoms with Gasteiger partial charge in [0.15, 0.2) is 0 Å². The predicted molar refractivity (Wildman–Crippen MR) is 115 cm³/mol. The van der Waals surface area contributed by atoms with Gasteiger partial charge in [-0.1, -0.05) is 30.3 Å². The Morgan fingerprint density at radius 2 is 1.90 bits per heavy atom. The molecule has 2 aromatic heterocycles. The van der Waals surface area contributed by atoms with E-state index in [1.807, 2.05) is 58.5 Å². The van der Waals surface area contributed by atoms with Crippen LogP contribution in [0.5, 0.6) is 0 Å². The summed E-state index contributed by atoms with van der Waals surface area (Å²) < 4.78 is 0. The molecule has 2 amide bonds. The van der Waals surface area contributed by atoms with Crippen LogP contribution in [-0.2, 0) is 16.1 Å². The third-order valence-electron chi connectivity index (χ3n) is 6.49. The highest BCUT2D eigenvalue weighted by molar-refractivity contribution is 5.89. The standard InChI is InChI=1S/C24H26N4O2/c29-22-13-19(16-28(22)15-17-5-2-1-3-6-17)24(30)27-11-8-18(9-12-27)20-14-26-21-7-4-10-25-23(20)21/h1-7,10,14,18-19,26H,8-9,11-13,15-16H2. The van der Waals surface area contributed by atoms with Crippen LogP contribution in [0.25, 0.3) is 11.0 Å². The van der Waals surface area contributed by atoms with Crippen LogP contribution in [0, 0.1) is 5.92 Å². The van der Waals surface area contributed by atoms with E-state index in [9.17, 15) is 9.59 Å². The van der Waals surface area contributed by atoms with Crippen LogP contribution in [0.1, 0.15) is 36.3 Å². The van der Waals surface area contributed by atoms with E-state index in [2.05, 4.69) is 16.2 Å². The van der Waals surface area contributed by atoms with Crippen LogP contribution in [0.4, 0.5) is 0 Å². The lowest BCUT2D eigenvalue weighted by molar-refractivity contribution is -0.136. The highest BCUT2D eigenvalue weighted by atomic mass is 16.2. The Bertz CT molecular complexity index is 1050. The van der Waals surface area contributed by atoms with Gasteiger partial charge in [-0.15, -0.1) is 0 Å². The van der Waals surface area contributed by atoms with Gasteiger partial charge in [0.05, 0.1) is 17.0 Å². The molecule has 1 unspecified atom stereocenters. The first kappa shape index (κ1) is 18.9. The minimum Gasteiger partial charge on any atom is -0.360 e. The molecule has 1 N–H and O–H groups in total. The van der Waals surface area contributed by atoms with E-state index in [-0.39, 0.29) is 17.7 Å². The number of benzene rings is 1. The molecular formula is C24H26N4O2.